The summed E-state index contributed by atoms with van der Waals surface area (Å²) >= 11 is 0. The number of carboxylic acids is 1. The van der Waals surface area contributed by atoms with Crippen molar-refractivity contribution < 1.29 is 14.7 Å². The number of hydrogen-bond donors (Lipinski definition) is 1. The molecule has 1 amide bonds. The molecule has 5 nitrogen and oxygen atoms in total. The number of benzene rings is 2. The van der Waals surface area contributed by atoms with E-state index in [9.17, 15) is 14.7 Å². The van der Waals surface area contributed by atoms with E-state index < -0.39 is 12.0 Å². The van der Waals surface area contributed by atoms with Crippen LogP contribution in [-0.2, 0) is 22.7 Å². The van der Waals surface area contributed by atoms with Crippen LogP contribution < -0.4 is 0 Å². The number of rotatable bonds is 10. The lowest BCUT2D eigenvalue weighted by Crippen LogP contribution is -2.51. The SMILES string of the molecule is CC(C)C[C@@H](C(=O)O)N(C=O)N(Cc1ccccc1)Cc1ccccc1. The van der Waals surface area contributed by atoms with E-state index in [0.717, 1.165) is 11.1 Å². The molecule has 0 heterocycles. The fraction of sp³-hybridized carbons (Fsp3) is 0.333. The number of amides is 1. The van der Waals surface area contributed by atoms with Gasteiger partial charge in [0.15, 0.2) is 0 Å². The molecule has 0 aliphatic rings. The van der Waals surface area contributed by atoms with Gasteiger partial charge in [-0.3, -0.25) is 9.80 Å². The summed E-state index contributed by atoms with van der Waals surface area (Å²) in [6.45, 7) is 4.82. The zero-order valence-electron chi connectivity index (χ0n) is 15.3. The fourth-order valence-electron chi connectivity index (χ4n) is 2.91. The Kier molecular flexibility index (Phi) is 7.36. The molecule has 0 saturated heterocycles. The van der Waals surface area contributed by atoms with Crippen LogP contribution in [0.5, 0.6) is 0 Å². The predicted octanol–water partition coefficient (Wildman–Crippen LogP) is 3.56. The second-order valence-electron chi connectivity index (χ2n) is 6.76. The third-order valence-electron chi connectivity index (χ3n) is 4.15. The average Bonchev–Trinajstić information content (AvgIpc) is 2.62. The van der Waals surface area contributed by atoms with Crippen molar-refractivity contribution in [2.75, 3.05) is 0 Å². The molecule has 0 spiro atoms. The molecule has 1 N–H and O–H groups in total. The van der Waals surface area contributed by atoms with E-state index in [0.29, 0.717) is 25.9 Å². The number of carbonyl (C=O) groups excluding carboxylic acids is 1. The molecule has 2 rings (SSSR count). The third-order valence-corrected chi connectivity index (χ3v) is 4.15. The van der Waals surface area contributed by atoms with Crippen LogP contribution in [-0.4, -0.2) is 33.5 Å². The summed E-state index contributed by atoms with van der Waals surface area (Å²) in [5.74, 6) is -0.828. The Labute approximate surface area is 154 Å². The van der Waals surface area contributed by atoms with Crippen LogP contribution in [0.15, 0.2) is 60.7 Å². The first-order valence-corrected chi connectivity index (χ1v) is 8.80. The minimum Gasteiger partial charge on any atom is -0.480 e. The van der Waals surface area contributed by atoms with Crippen LogP contribution in [0.3, 0.4) is 0 Å². The summed E-state index contributed by atoms with van der Waals surface area (Å²) in [4.78, 5) is 23.7. The molecule has 0 aliphatic heterocycles. The molecule has 0 unspecified atom stereocenters. The highest BCUT2D eigenvalue weighted by Gasteiger charge is 2.30. The van der Waals surface area contributed by atoms with Crippen molar-refractivity contribution in [3.8, 4) is 0 Å². The van der Waals surface area contributed by atoms with Gasteiger partial charge in [0.05, 0.1) is 0 Å². The largest absolute Gasteiger partial charge is 0.480 e. The van der Waals surface area contributed by atoms with Crippen LogP contribution in [0.4, 0.5) is 0 Å². The van der Waals surface area contributed by atoms with Gasteiger partial charge in [0, 0.05) is 13.1 Å². The highest BCUT2D eigenvalue weighted by Crippen LogP contribution is 2.18. The molecule has 2 aromatic carbocycles. The topological polar surface area (TPSA) is 60.9 Å². The first-order valence-electron chi connectivity index (χ1n) is 8.80. The smallest absolute Gasteiger partial charge is 0.328 e. The molecule has 0 saturated carbocycles. The Bertz CT molecular complexity index is 647. The summed E-state index contributed by atoms with van der Waals surface area (Å²) in [7, 11) is 0. The molecule has 0 aliphatic carbocycles. The van der Waals surface area contributed by atoms with Crippen molar-refractivity contribution in [3.63, 3.8) is 0 Å². The maximum Gasteiger partial charge on any atom is 0.328 e. The van der Waals surface area contributed by atoms with Crippen molar-refractivity contribution >= 4 is 12.4 Å². The summed E-state index contributed by atoms with van der Waals surface area (Å²) in [5.41, 5.74) is 2.04. The van der Waals surface area contributed by atoms with Crippen LogP contribution in [0.1, 0.15) is 31.4 Å². The molecule has 1 atom stereocenters. The van der Waals surface area contributed by atoms with Crippen molar-refractivity contribution in [1.82, 2.24) is 10.0 Å². The van der Waals surface area contributed by atoms with Crippen LogP contribution >= 0.6 is 0 Å². The van der Waals surface area contributed by atoms with E-state index >= 15 is 0 Å². The molecule has 0 bridgehead atoms. The number of nitrogens with zero attached hydrogens (tertiary/aromatic N) is 2. The lowest BCUT2D eigenvalue weighted by atomic mass is 10.0. The molecule has 5 heteroatoms. The quantitative estimate of drug-likeness (QED) is 0.523. The first-order chi connectivity index (χ1) is 12.5. The first kappa shape index (κ1) is 19.7. The molecular weight excluding hydrogens is 328 g/mol. The zero-order valence-corrected chi connectivity index (χ0v) is 15.3. The van der Waals surface area contributed by atoms with Gasteiger partial charge in [-0.1, -0.05) is 74.5 Å². The van der Waals surface area contributed by atoms with Gasteiger partial charge in [0.25, 0.3) is 0 Å². The van der Waals surface area contributed by atoms with Crippen molar-refractivity contribution in [3.05, 3.63) is 71.8 Å². The molecule has 138 valence electrons. The maximum atomic E-state index is 11.9. The Morgan fingerprint density at radius 2 is 1.42 bits per heavy atom. The average molecular weight is 354 g/mol. The molecule has 0 aromatic heterocycles. The third kappa shape index (κ3) is 5.70. The normalized spacial score (nSPS) is 12.2. The van der Waals surface area contributed by atoms with Gasteiger partial charge in [0.2, 0.25) is 6.41 Å². The molecule has 2 aromatic rings. The van der Waals surface area contributed by atoms with E-state index in [1.165, 1.54) is 5.01 Å². The summed E-state index contributed by atoms with van der Waals surface area (Å²) in [5, 5.41) is 12.8. The van der Waals surface area contributed by atoms with E-state index in [-0.39, 0.29) is 5.92 Å². The van der Waals surface area contributed by atoms with E-state index in [1.54, 1.807) is 5.01 Å². The van der Waals surface area contributed by atoms with Gasteiger partial charge in [0.1, 0.15) is 6.04 Å². The molecule has 0 radical (unpaired) electrons. The lowest BCUT2D eigenvalue weighted by Gasteiger charge is -2.36. The van der Waals surface area contributed by atoms with Gasteiger partial charge >= 0.3 is 5.97 Å². The summed E-state index contributed by atoms with van der Waals surface area (Å²) < 4.78 is 0. The fourth-order valence-corrected chi connectivity index (χ4v) is 2.91. The van der Waals surface area contributed by atoms with Crippen LogP contribution in [0, 0.1) is 5.92 Å². The standard InChI is InChI=1S/C21H26N2O3/c1-17(2)13-20(21(25)26)23(16-24)22(14-18-9-5-3-6-10-18)15-19-11-7-4-8-12-19/h3-12,16-17,20H,13-15H2,1-2H3,(H,25,26)/t20-/m0/s1. The Morgan fingerprint density at radius 1 is 0.962 bits per heavy atom. The number of carbonyl (C=O) groups is 2. The predicted molar refractivity (Wildman–Crippen MR) is 101 cm³/mol. The number of hydrazine groups is 1. The van der Waals surface area contributed by atoms with Crippen LogP contribution in [0.25, 0.3) is 0 Å². The van der Waals surface area contributed by atoms with Gasteiger partial charge in [-0.15, -0.1) is 0 Å². The van der Waals surface area contributed by atoms with E-state index in [2.05, 4.69) is 0 Å². The monoisotopic (exact) mass is 354 g/mol. The van der Waals surface area contributed by atoms with Gasteiger partial charge in [-0.2, -0.15) is 0 Å². The molecule has 0 fully saturated rings. The Balaban J connectivity index is 2.31. The minimum atomic E-state index is -0.989. The highest BCUT2D eigenvalue weighted by atomic mass is 16.4. The number of carboxylic acid groups (broad SMARTS) is 1. The van der Waals surface area contributed by atoms with Crippen molar-refractivity contribution in [2.24, 2.45) is 5.92 Å². The summed E-state index contributed by atoms with van der Waals surface area (Å²) in [6.07, 6.45) is 1.03. The van der Waals surface area contributed by atoms with Crippen molar-refractivity contribution in [2.45, 2.75) is 39.4 Å². The minimum absolute atomic E-state index is 0.161. The lowest BCUT2D eigenvalue weighted by molar-refractivity contribution is -0.164. The van der Waals surface area contributed by atoms with Gasteiger partial charge < -0.3 is 5.11 Å². The Morgan fingerprint density at radius 3 is 1.77 bits per heavy atom. The van der Waals surface area contributed by atoms with Crippen LogP contribution in [0.2, 0.25) is 0 Å². The van der Waals surface area contributed by atoms with E-state index in [4.69, 9.17) is 0 Å². The number of hydrogen-bond acceptors (Lipinski definition) is 3. The van der Waals surface area contributed by atoms with Crippen molar-refractivity contribution in [1.29, 1.82) is 0 Å². The zero-order chi connectivity index (χ0) is 18.9. The number of aliphatic carboxylic acids is 1. The second-order valence-corrected chi connectivity index (χ2v) is 6.76. The second kappa shape index (κ2) is 9.73. The van der Waals surface area contributed by atoms with Gasteiger partial charge in [-0.25, -0.2) is 9.80 Å². The molecular formula is C21H26N2O3. The highest BCUT2D eigenvalue weighted by molar-refractivity contribution is 5.76. The Hall–Kier alpha value is -2.66. The molecule has 26 heavy (non-hydrogen) atoms. The van der Waals surface area contributed by atoms with Gasteiger partial charge in [-0.05, 0) is 23.5 Å². The maximum absolute atomic E-state index is 11.9. The van der Waals surface area contributed by atoms with E-state index in [1.807, 2.05) is 74.5 Å². The summed E-state index contributed by atoms with van der Waals surface area (Å²) in [6, 6.07) is 18.6.